The minimum Gasteiger partial charge on any atom is -0.337 e. The molecule has 26 heavy (non-hydrogen) atoms. The van der Waals surface area contributed by atoms with Gasteiger partial charge >= 0.3 is 0 Å². The van der Waals surface area contributed by atoms with E-state index in [1.807, 2.05) is 36.4 Å². The van der Waals surface area contributed by atoms with Gasteiger partial charge in [-0.3, -0.25) is 9.89 Å². The van der Waals surface area contributed by atoms with Crippen LogP contribution in [-0.4, -0.2) is 26.3 Å². The molecule has 8 heteroatoms. The second kappa shape index (κ2) is 7.17. The van der Waals surface area contributed by atoms with Crippen molar-refractivity contribution in [3.8, 4) is 0 Å². The van der Waals surface area contributed by atoms with Gasteiger partial charge < -0.3 is 10.6 Å². The van der Waals surface area contributed by atoms with Crippen molar-refractivity contribution < 1.29 is 4.79 Å². The third-order valence-corrected chi connectivity index (χ3v) is 4.83. The molecule has 7 nitrogen and oxygen atoms in total. The lowest BCUT2D eigenvalue weighted by Gasteiger charge is -2.06. The van der Waals surface area contributed by atoms with Gasteiger partial charge in [-0.1, -0.05) is 11.8 Å². The van der Waals surface area contributed by atoms with Crippen molar-refractivity contribution in [2.45, 2.75) is 35.6 Å². The Hall–Kier alpha value is -2.87. The third-order valence-electron chi connectivity index (χ3n) is 3.92. The van der Waals surface area contributed by atoms with Crippen LogP contribution in [0.1, 0.15) is 31.4 Å². The van der Waals surface area contributed by atoms with Crippen molar-refractivity contribution in [3.05, 3.63) is 48.3 Å². The number of carbonyl (C=O) groups is 1. The quantitative estimate of drug-likeness (QED) is 0.612. The number of nitrogens with one attached hydrogen (secondary N) is 3. The summed E-state index contributed by atoms with van der Waals surface area (Å²) in [5.74, 6) is 1.34. The van der Waals surface area contributed by atoms with Gasteiger partial charge in [0.25, 0.3) is 0 Å². The Labute approximate surface area is 155 Å². The van der Waals surface area contributed by atoms with Gasteiger partial charge in [0.05, 0.1) is 11.9 Å². The van der Waals surface area contributed by atoms with Crippen LogP contribution in [0.5, 0.6) is 0 Å². The van der Waals surface area contributed by atoms with Crippen LogP contribution in [-0.2, 0) is 4.79 Å². The van der Waals surface area contributed by atoms with E-state index < -0.39 is 0 Å². The first-order chi connectivity index (χ1) is 12.7. The first-order valence-corrected chi connectivity index (χ1v) is 9.18. The monoisotopic (exact) mass is 366 g/mol. The number of hydrogen-bond acceptors (Lipinski definition) is 6. The molecule has 0 aliphatic heterocycles. The normalized spacial score (nSPS) is 13.4. The Morgan fingerprint density at radius 3 is 2.73 bits per heavy atom. The van der Waals surface area contributed by atoms with Crippen LogP contribution in [0.2, 0.25) is 0 Å². The van der Waals surface area contributed by atoms with E-state index in [9.17, 15) is 4.79 Å². The van der Waals surface area contributed by atoms with Gasteiger partial charge in [0, 0.05) is 35.2 Å². The van der Waals surface area contributed by atoms with E-state index in [1.54, 1.807) is 6.20 Å². The molecule has 2 heterocycles. The number of carbonyl (C=O) groups excluding carboxylic acids is 1. The van der Waals surface area contributed by atoms with Crippen LogP contribution >= 0.6 is 11.8 Å². The second-order valence-electron chi connectivity index (χ2n) is 6.20. The molecule has 132 valence electrons. The molecule has 3 aromatic rings. The van der Waals surface area contributed by atoms with Gasteiger partial charge in [-0.25, -0.2) is 0 Å². The van der Waals surface area contributed by atoms with Gasteiger partial charge in [-0.05, 0) is 43.2 Å². The summed E-state index contributed by atoms with van der Waals surface area (Å²) in [6.45, 7) is 1.49. The average Bonchev–Trinajstić information content (AvgIpc) is 3.37. The number of aromatic nitrogens is 4. The Morgan fingerprint density at radius 2 is 2.00 bits per heavy atom. The summed E-state index contributed by atoms with van der Waals surface area (Å²) in [4.78, 5) is 12.1. The predicted octanol–water partition coefficient (Wildman–Crippen LogP) is 3.93. The van der Waals surface area contributed by atoms with Crippen LogP contribution in [0.3, 0.4) is 0 Å². The molecule has 0 unspecified atom stereocenters. The molecule has 0 bridgehead atoms. The van der Waals surface area contributed by atoms with E-state index in [4.69, 9.17) is 0 Å². The summed E-state index contributed by atoms with van der Waals surface area (Å²) in [5, 5.41) is 22.4. The lowest BCUT2D eigenvalue weighted by molar-refractivity contribution is -0.114. The van der Waals surface area contributed by atoms with Gasteiger partial charge in [-0.2, -0.15) is 10.2 Å². The maximum atomic E-state index is 11.1. The van der Waals surface area contributed by atoms with Crippen molar-refractivity contribution in [1.29, 1.82) is 0 Å². The minimum atomic E-state index is -0.0849. The highest BCUT2D eigenvalue weighted by Gasteiger charge is 2.25. The van der Waals surface area contributed by atoms with E-state index in [1.165, 1.54) is 37.2 Å². The van der Waals surface area contributed by atoms with Crippen molar-refractivity contribution in [2.24, 2.45) is 0 Å². The summed E-state index contributed by atoms with van der Waals surface area (Å²) >= 11 is 1.51. The molecule has 2 aromatic heterocycles. The van der Waals surface area contributed by atoms with Crippen LogP contribution < -0.4 is 10.6 Å². The predicted molar refractivity (Wildman–Crippen MR) is 101 cm³/mol. The molecule has 1 aromatic carbocycles. The number of nitrogens with zero attached hydrogens (tertiary/aromatic N) is 3. The smallest absolute Gasteiger partial charge is 0.221 e. The maximum Gasteiger partial charge on any atom is 0.221 e. The van der Waals surface area contributed by atoms with E-state index in [0.717, 1.165) is 27.1 Å². The fourth-order valence-electron chi connectivity index (χ4n) is 2.55. The summed E-state index contributed by atoms with van der Waals surface area (Å²) in [7, 11) is 0. The SMILES string of the molecule is CC(=O)Nc1ccc(Sc2cc(Nc3cc(C4CC4)[nH]n3)cnn2)cc1. The zero-order chi connectivity index (χ0) is 17.9. The molecular formula is C18H18N6OS. The zero-order valence-electron chi connectivity index (χ0n) is 14.2. The second-order valence-corrected chi connectivity index (χ2v) is 7.29. The number of aromatic amines is 1. The van der Waals surface area contributed by atoms with Crippen molar-refractivity contribution in [1.82, 2.24) is 20.4 Å². The fourth-order valence-corrected chi connectivity index (χ4v) is 3.34. The highest BCUT2D eigenvalue weighted by molar-refractivity contribution is 7.99. The van der Waals surface area contributed by atoms with E-state index in [-0.39, 0.29) is 5.91 Å². The lowest BCUT2D eigenvalue weighted by atomic mass is 10.3. The van der Waals surface area contributed by atoms with Gasteiger partial charge in [0.2, 0.25) is 5.91 Å². The fraction of sp³-hybridized carbons (Fsp3) is 0.222. The van der Waals surface area contributed by atoms with Gasteiger partial charge in [0.15, 0.2) is 5.82 Å². The molecular weight excluding hydrogens is 348 g/mol. The first-order valence-electron chi connectivity index (χ1n) is 8.36. The topological polar surface area (TPSA) is 95.6 Å². The molecule has 1 aliphatic rings. The van der Waals surface area contributed by atoms with Crippen LogP contribution in [0, 0.1) is 0 Å². The van der Waals surface area contributed by atoms with Crippen LogP contribution in [0.25, 0.3) is 0 Å². The Kier molecular flexibility index (Phi) is 4.57. The average molecular weight is 366 g/mol. The van der Waals surface area contributed by atoms with Crippen molar-refractivity contribution >= 4 is 34.9 Å². The molecule has 0 atom stereocenters. The van der Waals surface area contributed by atoms with Crippen LogP contribution in [0.15, 0.2) is 52.5 Å². The summed E-state index contributed by atoms with van der Waals surface area (Å²) in [6, 6.07) is 11.6. The highest BCUT2D eigenvalue weighted by Crippen LogP contribution is 2.39. The Bertz CT molecular complexity index is 919. The van der Waals surface area contributed by atoms with Gasteiger partial charge in [-0.15, -0.1) is 5.10 Å². The molecule has 1 aliphatic carbocycles. The lowest BCUT2D eigenvalue weighted by Crippen LogP contribution is -2.05. The standard InChI is InChI=1S/C18H18N6OS/c1-11(25)20-13-4-6-15(7-5-13)26-18-8-14(10-19-24-18)21-17-9-16(22-23-17)12-2-3-12/h4-10,12H,2-3H2,1H3,(H,20,25)(H2,21,22,23,24). The first kappa shape index (κ1) is 16.6. The van der Waals surface area contributed by atoms with Gasteiger partial charge in [0.1, 0.15) is 5.03 Å². The molecule has 1 fully saturated rings. The molecule has 4 rings (SSSR count). The van der Waals surface area contributed by atoms with E-state index in [2.05, 4.69) is 31.0 Å². The number of benzene rings is 1. The zero-order valence-corrected chi connectivity index (χ0v) is 15.0. The third kappa shape index (κ3) is 4.20. The number of H-pyrrole nitrogens is 1. The Morgan fingerprint density at radius 1 is 1.19 bits per heavy atom. The largest absolute Gasteiger partial charge is 0.337 e. The molecule has 0 radical (unpaired) electrons. The summed E-state index contributed by atoms with van der Waals surface area (Å²) in [6.07, 6.45) is 4.15. The van der Waals surface area contributed by atoms with Crippen LogP contribution in [0.4, 0.5) is 17.2 Å². The van der Waals surface area contributed by atoms with E-state index >= 15 is 0 Å². The molecule has 1 amide bonds. The molecule has 3 N–H and O–H groups in total. The number of anilines is 3. The van der Waals surface area contributed by atoms with E-state index in [0.29, 0.717) is 5.92 Å². The summed E-state index contributed by atoms with van der Waals surface area (Å²) < 4.78 is 0. The molecule has 0 saturated heterocycles. The minimum absolute atomic E-state index is 0.0849. The molecule has 1 saturated carbocycles. The highest BCUT2D eigenvalue weighted by atomic mass is 32.2. The number of rotatable bonds is 6. The maximum absolute atomic E-state index is 11.1. The number of amides is 1. The van der Waals surface area contributed by atoms with Crippen molar-refractivity contribution in [2.75, 3.05) is 10.6 Å². The Balaban J connectivity index is 1.42. The number of hydrogen-bond donors (Lipinski definition) is 3. The molecule has 0 spiro atoms. The van der Waals surface area contributed by atoms with Crippen molar-refractivity contribution in [3.63, 3.8) is 0 Å². The summed E-state index contributed by atoms with van der Waals surface area (Å²) in [5.41, 5.74) is 2.79.